The Kier molecular flexibility index (Phi) is 6.01. The first-order chi connectivity index (χ1) is 13.5. The van der Waals surface area contributed by atoms with Crippen molar-refractivity contribution in [2.45, 2.75) is 0 Å². The van der Waals surface area contributed by atoms with Crippen molar-refractivity contribution < 1.29 is 9.84 Å². The molecular formula is C22H22N4O2. The highest BCUT2D eigenvalue weighted by Gasteiger charge is 2.01. The molecule has 0 amide bonds. The van der Waals surface area contributed by atoms with E-state index in [1.54, 1.807) is 31.5 Å². The molecule has 0 spiro atoms. The van der Waals surface area contributed by atoms with Gasteiger partial charge in [0.15, 0.2) is 0 Å². The molecule has 0 saturated carbocycles. The Morgan fingerprint density at radius 3 is 2.07 bits per heavy atom. The van der Waals surface area contributed by atoms with E-state index in [4.69, 9.17) is 4.74 Å². The third-order valence-corrected chi connectivity index (χ3v) is 4.08. The fourth-order valence-corrected chi connectivity index (χ4v) is 2.45. The number of hydrogen-bond donors (Lipinski definition) is 1. The number of rotatable bonds is 6. The number of phenolic OH excluding ortho intramolecular Hbond substituents is 1. The molecule has 3 rings (SSSR count). The van der Waals surface area contributed by atoms with Crippen molar-refractivity contribution in [2.75, 3.05) is 26.1 Å². The van der Waals surface area contributed by atoms with Crippen molar-refractivity contribution in [1.29, 1.82) is 0 Å². The van der Waals surface area contributed by atoms with Crippen LogP contribution >= 0.6 is 0 Å². The van der Waals surface area contributed by atoms with Crippen LogP contribution in [-0.4, -0.2) is 32.5 Å². The van der Waals surface area contributed by atoms with Gasteiger partial charge in [0, 0.05) is 31.6 Å². The molecule has 6 nitrogen and oxygen atoms in total. The molecule has 3 aromatic rings. The first kappa shape index (κ1) is 19.1. The van der Waals surface area contributed by atoms with Crippen LogP contribution in [0.25, 0.3) is 0 Å². The van der Waals surface area contributed by atoms with Gasteiger partial charge in [0.05, 0.1) is 24.2 Å². The average molecular weight is 374 g/mol. The third kappa shape index (κ3) is 4.94. The predicted octanol–water partition coefficient (Wildman–Crippen LogP) is 5.63. The third-order valence-electron chi connectivity index (χ3n) is 4.08. The van der Waals surface area contributed by atoms with Crippen molar-refractivity contribution in [3.05, 3.63) is 72.3 Å². The average Bonchev–Trinajstić information content (AvgIpc) is 2.73. The van der Waals surface area contributed by atoms with Gasteiger partial charge in [-0.1, -0.05) is 0 Å². The van der Waals surface area contributed by atoms with Gasteiger partial charge in [-0.2, -0.15) is 10.2 Å². The highest BCUT2D eigenvalue weighted by molar-refractivity contribution is 5.86. The van der Waals surface area contributed by atoms with Crippen LogP contribution in [-0.2, 0) is 0 Å². The maximum Gasteiger partial charge on any atom is 0.124 e. The molecule has 28 heavy (non-hydrogen) atoms. The van der Waals surface area contributed by atoms with E-state index in [-0.39, 0.29) is 5.75 Å². The second-order valence-electron chi connectivity index (χ2n) is 6.31. The van der Waals surface area contributed by atoms with Crippen molar-refractivity contribution in [3.8, 4) is 11.5 Å². The number of azo groups is 1. The Hall–Kier alpha value is -3.67. The highest BCUT2D eigenvalue weighted by Crippen LogP contribution is 2.26. The Morgan fingerprint density at radius 2 is 1.43 bits per heavy atom. The van der Waals surface area contributed by atoms with Gasteiger partial charge in [-0.05, 0) is 66.7 Å². The van der Waals surface area contributed by atoms with E-state index in [1.807, 2.05) is 67.5 Å². The Labute approximate surface area is 164 Å². The van der Waals surface area contributed by atoms with Crippen molar-refractivity contribution >= 4 is 29.0 Å². The Bertz CT molecular complexity index is 978. The van der Waals surface area contributed by atoms with E-state index in [1.165, 1.54) is 0 Å². The van der Waals surface area contributed by atoms with Crippen LogP contribution in [0.15, 0.2) is 82.0 Å². The molecule has 0 aromatic heterocycles. The van der Waals surface area contributed by atoms with Gasteiger partial charge in [0.25, 0.3) is 0 Å². The van der Waals surface area contributed by atoms with Crippen molar-refractivity contribution in [2.24, 2.45) is 15.2 Å². The first-order valence-corrected chi connectivity index (χ1v) is 8.75. The number of benzene rings is 3. The fourth-order valence-electron chi connectivity index (χ4n) is 2.45. The first-order valence-electron chi connectivity index (χ1n) is 8.75. The minimum Gasteiger partial charge on any atom is -0.507 e. The largest absolute Gasteiger partial charge is 0.507 e. The normalized spacial score (nSPS) is 11.2. The molecule has 0 fully saturated rings. The number of hydrogen-bond acceptors (Lipinski definition) is 6. The summed E-state index contributed by atoms with van der Waals surface area (Å²) in [5.41, 5.74) is 3.81. The highest BCUT2D eigenvalue weighted by atomic mass is 16.5. The molecule has 1 N–H and O–H groups in total. The van der Waals surface area contributed by atoms with Gasteiger partial charge in [-0.15, -0.1) is 0 Å². The van der Waals surface area contributed by atoms with Crippen LogP contribution in [0.4, 0.5) is 22.7 Å². The van der Waals surface area contributed by atoms with E-state index in [9.17, 15) is 5.11 Å². The monoisotopic (exact) mass is 374 g/mol. The van der Waals surface area contributed by atoms with Gasteiger partial charge in [0.1, 0.15) is 11.5 Å². The second kappa shape index (κ2) is 8.81. The lowest BCUT2D eigenvalue weighted by atomic mass is 10.2. The van der Waals surface area contributed by atoms with E-state index in [0.717, 1.165) is 17.1 Å². The summed E-state index contributed by atoms with van der Waals surface area (Å²) in [6, 6.07) is 20.1. The van der Waals surface area contributed by atoms with Gasteiger partial charge in [-0.25, -0.2) is 0 Å². The lowest BCUT2D eigenvalue weighted by Gasteiger charge is -2.11. The van der Waals surface area contributed by atoms with Gasteiger partial charge >= 0.3 is 0 Å². The Balaban J connectivity index is 1.75. The van der Waals surface area contributed by atoms with Crippen LogP contribution in [0.2, 0.25) is 0 Å². The molecule has 0 saturated heterocycles. The number of methoxy groups -OCH3 is 1. The van der Waals surface area contributed by atoms with E-state index in [0.29, 0.717) is 16.9 Å². The number of ether oxygens (including phenoxy) is 1. The summed E-state index contributed by atoms with van der Waals surface area (Å²) in [5.74, 6) is 0.901. The van der Waals surface area contributed by atoms with Crippen LogP contribution in [0.3, 0.4) is 0 Å². The Morgan fingerprint density at radius 1 is 0.821 bits per heavy atom. The number of aliphatic imine (C=N–C) groups is 1. The second-order valence-corrected chi connectivity index (χ2v) is 6.31. The van der Waals surface area contributed by atoms with Crippen LogP contribution in [0.1, 0.15) is 5.56 Å². The molecular weight excluding hydrogens is 352 g/mol. The maximum atomic E-state index is 10.1. The summed E-state index contributed by atoms with van der Waals surface area (Å²) in [5, 5.41) is 18.5. The topological polar surface area (TPSA) is 69.8 Å². The number of phenols is 1. The van der Waals surface area contributed by atoms with Crippen LogP contribution < -0.4 is 9.64 Å². The van der Waals surface area contributed by atoms with E-state index in [2.05, 4.69) is 15.2 Å². The van der Waals surface area contributed by atoms with Gasteiger partial charge < -0.3 is 14.7 Å². The predicted molar refractivity (Wildman–Crippen MR) is 113 cm³/mol. The summed E-state index contributed by atoms with van der Waals surface area (Å²) in [4.78, 5) is 6.45. The number of nitrogens with zero attached hydrogens (tertiary/aromatic N) is 4. The molecule has 6 heteroatoms. The molecule has 142 valence electrons. The summed E-state index contributed by atoms with van der Waals surface area (Å²) in [6.07, 6.45) is 1.62. The lowest BCUT2D eigenvalue weighted by Crippen LogP contribution is -2.07. The zero-order valence-electron chi connectivity index (χ0n) is 16.1. The standard InChI is InChI=1S/C22H22N4O2/c1-26(2)20-9-4-17(5-10-20)23-15-16-14-19(8-13-22(16)27)25-24-18-6-11-21(28-3)12-7-18/h4-15,27H,1-3H3. The fraction of sp³-hybridized carbons (Fsp3) is 0.136. The van der Waals surface area contributed by atoms with Crippen LogP contribution in [0.5, 0.6) is 11.5 Å². The van der Waals surface area contributed by atoms with Gasteiger partial charge in [0.2, 0.25) is 0 Å². The molecule has 0 unspecified atom stereocenters. The summed E-state index contributed by atoms with van der Waals surface area (Å²) >= 11 is 0. The zero-order valence-corrected chi connectivity index (χ0v) is 16.1. The molecule has 3 aromatic carbocycles. The maximum absolute atomic E-state index is 10.1. The quantitative estimate of drug-likeness (QED) is 0.449. The lowest BCUT2D eigenvalue weighted by molar-refractivity contribution is 0.415. The van der Waals surface area contributed by atoms with Crippen molar-refractivity contribution in [3.63, 3.8) is 0 Å². The van der Waals surface area contributed by atoms with E-state index < -0.39 is 0 Å². The molecule has 0 bridgehead atoms. The summed E-state index contributed by atoms with van der Waals surface area (Å²) in [7, 11) is 5.59. The summed E-state index contributed by atoms with van der Waals surface area (Å²) in [6.45, 7) is 0. The molecule has 0 aliphatic rings. The molecule has 0 heterocycles. The van der Waals surface area contributed by atoms with Crippen molar-refractivity contribution in [1.82, 2.24) is 0 Å². The molecule has 0 aliphatic carbocycles. The molecule has 0 aliphatic heterocycles. The minimum atomic E-state index is 0.136. The molecule has 0 atom stereocenters. The summed E-state index contributed by atoms with van der Waals surface area (Å²) < 4.78 is 5.13. The zero-order chi connectivity index (χ0) is 19.9. The van der Waals surface area contributed by atoms with E-state index >= 15 is 0 Å². The molecule has 0 radical (unpaired) electrons. The number of anilines is 1. The number of aromatic hydroxyl groups is 1. The van der Waals surface area contributed by atoms with Crippen LogP contribution in [0, 0.1) is 0 Å². The smallest absolute Gasteiger partial charge is 0.124 e. The van der Waals surface area contributed by atoms with Gasteiger partial charge in [-0.3, -0.25) is 4.99 Å². The minimum absolute atomic E-state index is 0.136. The SMILES string of the molecule is COc1ccc(N=Nc2ccc(O)c(C=Nc3ccc(N(C)C)cc3)c2)cc1.